The Hall–Kier alpha value is -2.51. The van der Waals surface area contributed by atoms with Crippen molar-refractivity contribution in [2.75, 3.05) is 17.7 Å². The number of nitrogens with one attached hydrogen (secondary N) is 2. The van der Waals surface area contributed by atoms with E-state index in [1.54, 1.807) is 31.2 Å². The fourth-order valence-electron chi connectivity index (χ4n) is 2.58. The van der Waals surface area contributed by atoms with Gasteiger partial charge in [-0.05, 0) is 42.8 Å². The van der Waals surface area contributed by atoms with Crippen molar-refractivity contribution < 1.29 is 18.7 Å². The third kappa shape index (κ3) is 5.05. The van der Waals surface area contributed by atoms with E-state index >= 15 is 0 Å². The average molecular weight is 421 g/mol. The third-order valence-electron chi connectivity index (χ3n) is 4.01. The smallest absolute Gasteiger partial charge is 0.265 e. The Labute approximate surface area is 171 Å². The molecule has 2 N–H and O–H groups in total. The lowest BCUT2D eigenvalue weighted by Gasteiger charge is -2.18. The highest BCUT2D eigenvalue weighted by molar-refractivity contribution is 8.04. The first kappa shape index (κ1) is 20.2. The number of hydrogen-bond donors (Lipinski definition) is 2. The maximum Gasteiger partial charge on any atom is 0.265 e. The number of anilines is 1. The zero-order chi connectivity index (χ0) is 20.1. The van der Waals surface area contributed by atoms with Gasteiger partial charge >= 0.3 is 0 Å². The molecule has 0 fully saturated rings. The van der Waals surface area contributed by atoms with Crippen molar-refractivity contribution in [2.45, 2.75) is 13.5 Å². The molecule has 0 saturated carbocycles. The standard InChI is InChI=1S/C20H18ClFN2O3S/c1-12-18(28-9-8-27-12)20(26)24-15-6-7-16(17(21)10-15)19(25)23-11-13-2-4-14(22)5-3-13/h2-7,10H,8-9,11H2,1H3,(H,23,25)(H,24,26). The summed E-state index contributed by atoms with van der Waals surface area (Å²) in [6, 6.07) is 10.5. The number of ether oxygens (including phenoxy) is 1. The Balaban J connectivity index is 1.63. The van der Waals surface area contributed by atoms with Crippen LogP contribution < -0.4 is 10.6 Å². The predicted molar refractivity (Wildman–Crippen MR) is 109 cm³/mol. The molecule has 0 bridgehead atoms. The van der Waals surface area contributed by atoms with E-state index in [1.165, 1.54) is 30.0 Å². The highest BCUT2D eigenvalue weighted by Gasteiger charge is 2.19. The van der Waals surface area contributed by atoms with Crippen LogP contribution in [-0.2, 0) is 16.1 Å². The van der Waals surface area contributed by atoms with Crippen LogP contribution in [0.15, 0.2) is 53.1 Å². The average Bonchev–Trinajstić information content (AvgIpc) is 2.67. The normalized spacial score (nSPS) is 13.7. The van der Waals surface area contributed by atoms with E-state index in [-0.39, 0.29) is 34.8 Å². The number of carbonyl (C=O) groups is 2. The van der Waals surface area contributed by atoms with E-state index < -0.39 is 0 Å². The van der Waals surface area contributed by atoms with Crippen LogP contribution in [0.25, 0.3) is 0 Å². The fraction of sp³-hybridized carbons (Fsp3) is 0.200. The summed E-state index contributed by atoms with van der Waals surface area (Å²) in [7, 11) is 0. The molecule has 8 heteroatoms. The van der Waals surface area contributed by atoms with Crippen LogP contribution in [0.2, 0.25) is 5.02 Å². The van der Waals surface area contributed by atoms with Gasteiger partial charge in [-0.25, -0.2) is 4.39 Å². The fourth-order valence-corrected chi connectivity index (χ4v) is 3.66. The molecule has 3 rings (SSSR count). The summed E-state index contributed by atoms with van der Waals surface area (Å²) < 4.78 is 18.3. The minimum absolute atomic E-state index is 0.215. The number of allylic oxidation sites excluding steroid dienone is 1. The second kappa shape index (κ2) is 9.12. The molecule has 0 unspecified atom stereocenters. The molecule has 1 aliphatic rings. The Bertz CT molecular complexity index is 932. The quantitative estimate of drug-likeness (QED) is 0.755. The minimum atomic E-state index is -0.359. The Morgan fingerprint density at radius 1 is 1.18 bits per heavy atom. The molecule has 0 saturated heterocycles. The largest absolute Gasteiger partial charge is 0.496 e. The van der Waals surface area contributed by atoms with E-state index in [0.717, 1.165) is 5.56 Å². The molecule has 28 heavy (non-hydrogen) atoms. The highest BCUT2D eigenvalue weighted by Crippen LogP contribution is 2.27. The zero-order valence-electron chi connectivity index (χ0n) is 15.1. The van der Waals surface area contributed by atoms with E-state index in [9.17, 15) is 14.0 Å². The van der Waals surface area contributed by atoms with Crippen molar-refractivity contribution in [1.82, 2.24) is 5.32 Å². The molecule has 0 aromatic heterocycles. The lowest BCUT2D eigenvalue weighted by atomic mass is 10.1. The van der Waals surface area contributed by atoms with Gasteiger partial charge in [-0.2, -0.15) is 0 Å². The van der Waals surface area contributed by atoms with Gasteiger partial charge in [0.1, 0.15) is 16.5 Å². The van der Waals surface area contributed by atoms with Gasteiger partial charge in [-0.15, -0.1) is 11.8 Å². The number of benzene rings is 2. The molecule has 0 radical (unpaired) electrons. The van der Waals surface area contributed by atoms with Gasteiger partial charge in [0, 0.05) is 18.0 Å². The van der Waals surface area contributed by atoms with Gasteiger partial charge in [0.2, 0.25) is 0 Å². The van der Waals surface area contributed by atoms with Gasteiger partial charge in [0.05, 0.1) is 17.2 Å². The number of halogens is 2. The number of rotatable bonds is 5. The Morgan fingerprint density at radius 3 is 2.61 bits per heavy atom. The van der Waals surface area contributed by atoms with Crippen molar-refractivity contribution in [3.05, 3.63) is 75.1 Å². The van der Waals surface area contributed by atoms with Crippen LogP contribution in [0.1, 0.15) is 22.8 Å². The first-order valence-corrected chi connectivity index (χ1v) is 9.90. The number of amides is 2. The SMILES string of the molecule is CC1=C(C(=O)Nc2ccc(C(=O)NCc3ccc(F)cc3)c(Cl)c2)SCCO1. The Morgan fingerprint density at radius 2 is 1.93 bits per heavy atom. The number of carbonyl (C=O) groups excluding carboxylic acids is 2. The number of thioether (sulfide) groups is 1. The van der Waals surface area contributed by atoms with Gasteiger partial charge in [-0.3, -0.25) is 9.59 Å². The lowest BCUT2D eigenvalue weighted by molar-refractivity contribution is -0.112. The molecular formula is C20H18ClFN2O3S. The maximum absolute atomic E-state index is 12.9. The first-order chi connectivity index (χ1) is 13.4. The third-order valence-corrected chi connectivity index (χ3v) is 5.46. The van der Waals surface area contributed by atoms with Crippen LogP contribution >= 0.6 is 23.4 Å². The zero-order valence-corrected chi connectivity index (χ0v) is 16.6. The summed E-state index contributed by atoms with van der Waals surface area (Å²) in [6.07, 6.45) is 0. The topological polar surface area (TPSA) is 67.4 Å². The van der Waals surface area contributed by atoms with Gasteiger partial charge in [0.25, 0.3) is 11.8 Å². The van der Waals surface area contributed by atoms with Crippen LogP contribution in [0, 0.1) is 5.82 Å². The van der Waals surface area contributed by atoms with Crippen LogP contribution in [-0.4, -0.2) is 24.2 Å². The van der Waals surface area contributed by atoms with Gasteiger partial charge < -0.3 is 15.4 Å². The molecule has 2 aromatic carbocycles. The van der Waals surface area contributed by atoms with Crippen molar-refractivity contribution in [3.63, 3.8) is 0 Å². The molecule has 5 nitrogen and oxygen atoms in total. The van der Waals surface area contributed by atoms with Crippen LogP contribution in [0.5, 0.6) is 0 Å². The molecular weight excluding hydrogens is 403 g/mol. The molecule has 0 aliphatic carbocycles. The molecule has 1 aliphatic heterocycles. The van der Waals surface area contributed by atoms with Crippen molar-refractivity contribution >= 4 is 40.9 Å². The Kier molecular flexibility index (Phi) is 6.59. The van der Waals surface area contributed by atoms with E-state index in [1.807, 2.05) is 0 Å². The molecule has 0 atom stereocenters. The highest BCUT2D eigenvalue weighted by atomic mass is 35.5. The molecule has 146 valence electrons. The summed E-state index contributed by atoms with van der Waals surface area (Å²) in [5.74, 6) is 0.346. The second-order valence-electron chi connectivity index (χ2n) is 6.04. The van der Waals surface area contributed by atoms with Crippen molar-refractivity contribution in [3.8, 4) is 0 Å². The maximum atomic E-state index is 12.9. The van der Waals surface area contributed by atoms with E-state index in [0.29, 0.717) is 28.7 Å². The van der Waals surface area contributed by atoms with Crippen molar-refractivity contribution in [1.29, 1.82) is 0 Å². The van der Waals surface area contributed by atoms with E-state index in [4.69, 9.17) is 16.3 Å². The summed E-state index contributed by atoms with van der Waals surface area (Å²) in [6.45, 7) is 2.59. The summed E-state index contributed by atoms with van der Waals surface area (Å²) in [5, 5.41) is 5.71. The lowest BCUT2D eigenvalue weighted by Crippen LogP contribution is -2.23. The molecule has 2 amide bonds. The predicted octanol–water partition coefficient (Wildman–Crippen LogP) is 4.34. The minimum Gasteiger partial charge on any atom is -0.496 e. The van der Waals surface area contributed by atoms with Crippen molar-refractivity contribution in [2.24, 2.45) is 0 Å². The molecule has 1 heterocycles. The summed E-state index contributed by atoms with van der Waals surface area (Å²) >= 11 is 7.66. The monoisotopic (exact) mass is 420 g/mol. The first-order valence-electron chi connectivity index (χ1n) is 8.54. The van der Waals surface area contributed by atoms with Gasteiger partial charge in [-0.1, -0.05) is 23.7 Å². The summed E-state index contributed by atoms with van der Waals surface area (Å²) in [5.41, 5.74) is 1.54. The number of hydrogen-bond acceptors (Lipinski definition) is 4. The molecule has 2 aromatic rings. The second-order valence-corrected chi connectivity index (χ2v) is 7.55. The molecule has 0 spiro atoms. The summed E-state index contributed by atoms with van der Waals surface area (Å²) in [4.78, 5) is 25.2. The van der Waals surface area contributed by atoms with E-state index in [2.05, 4.69) is 10.6 Å². The van der Waals surface area contributed by atoms with Crippen LogP contribution in [0.4, 0.5) is 10.1 Å². The van der Waals surface area contributed by atoms with Crippen LogP contribution in [0.3, 0.4) is 0 Å². The van der Waals surface area contributed by atoms with Gasteiger partial charge in [0.15, 0.2) is 0 Å².